The van der Waals surface area contributed by atoms with Gasteiger partial charge in [0.05, 0.1) is 17.9 Å². The molecule has 0 aliphatic heterocycles. The van der Waals surface area contributed by atoms with Crippen LogP contribution >= 0.6 is 0 Å². The zero-order chi connectivity index (χ0) is 10.2. The number of nitrogens with zero attached hydrogens (tertiary/aromatic N) is 1. The van der Waals surface area contributed by atoms with Crippen LogP contribution < -0.4 is 0 Å². The maximum absolute atomic E-state index is 12.4. The molecule has 1 N–H and O–H groups in total. The van der Waals surface area contributed by atoms with E-state index in [0.717, 1.165) is 11.4 Å². The van der Waals surface area contributed by atoms with Crippen LogP contribution in [0, 0.1) is 5.92 Å². The largest absolute Gasteiger partial charge is 0.391 e. The van der Waals surface area contributed by atoms with Gasteiger partial charge in [0, 0.05) is 5.69 Å². The molecule has 2 rings (SSSR count). The van der Waals surface area contributed by atoms with Crippen molar-refractivity contribution in [3.63, 3.8) is 0 Å². The highest BCUT2D eigenvalue weighted by Gasteiger charge is 2.39. The van der Waals surface area contributed by atoms with Gasteiger partial charge in [-0.1, -0.05) is 0 Å². The molecule has 5 heteroatoms. The van der Waals surface area contributed by atoms with Crippen LogP contribution in [0.1, 0.15) is 24.2 Å². The summed E-state index contributed by atoms with van der Waals surface area (Å²) in [5, 5.41) is 0. The summed E-state index contributed by atoms with van der Waals surface area (Å²) in [5.74, 6) is -1.16. The van der Waals surface area contributed by atoms with E-state index in [1.165, 1.54) is 0 Å². The van der Waals surface area contributed by atoms with Gasteiger partial charge >= 0.3 is 6.18 Å². The molecule has 14 heavy (non-hydrogen) atoms. The Balaban J connectivity index is 2.10. The van der Waals surface area contributed by atoms with E-state index in [-0.39, 0.29) is 12.8 Å². The van der Waals surface area contributed by atoms with Crippen molar-refractivity contribution in [3.8, 4) is 0 Å². The molecule has 0 amide bonds. The Labute approximate surface area is 79.5 Å². The zero-order valence-electron chi connectivity index (χ0n) is 7.56. The SMILES string of the molecule is FC(F)(F)C1CCc2nc[nH]c2CC1. The van der Waals surface area contributed by atoms with Crippen molar-refractivity contribution in [1.82, 2.24) is 9.97 Å². The Kier molecular flexibility index (Phi) is 2.25. The first kappa shape index (κ1) is 9.55. The highest BCUT2D eigenvalue weighted by molar-refractivity contribution is 5.13. The minimum Gasteiger partial charge on any atom is -0.348 e. The summed E-state index contributed by atoms with van der Waals surface area (Å²) < 4.78 is 37.3. The average molecular weight is 204 g/mol. The van der Waals surface area contributed by atoms with Crippen LogP contribution in [0.5, 0.6) is 0 Å². The predicted octanol–water partition coefficient (Wildman–Crippen LogP) is 2.47. The molecular formula is C9H11F3N2. The molecule has 1 aliphatic carbocycles. The van der Waals surface area contributed by atoms with Crippen molar-refractivity contribution >= 4 is 0 Å². The smallest absolute Gasteiger partial charge is 0.348 e. The number of imidazole rings is 1. The Hall–Kier alpha value is -1.00. The van der Waals surface area contributed by atoms with Gasteiger partial charge in [0.1, 0.15) is 0 Å². The third-order valence-electron chi connectivity index (χ3n) is 2.74. The molecule has 1 heterocycles. The third kappa shape index (κ3) is 1.76. The monoisotopic (exact) mass is 204 g/mol. The second-order valence-electron chi connectivity index (χ2n) is 3.64. The van der Waals surface area contributed by atoms with E-state index >= 15 is 0 Å². The number of aromatic nitrogens is 2. The van der Waals surface area contributed by atoms with Crippen LogP contribution in [-0.2, 0) is 12.8 Å². The number of halogens is 3. The quantitative estimate of drug-likeness (QED) is 0.646. The molecule has 0 radical (unpaired) electrons. The summed E-state index contributed by atoms with van der Waals surface area (Å²) in [4.78, 5) is 6.90. The summed E-state index contributed by atoms with van der Waals surface area (Å²) in [6.45, 7) is 0. The molecule has 1 aromatic rings. The number of alkyl halides is 3. The first-order chi connectivity index (χ1) is 6.57. The highest BCUT2D eigenvalue weighted by Crippen LogP contribution is 2.35. The second-order valence-corrected chi connectivity index (χ2v) is 3.64. The van der Waals surface area contributed by atoms with Crippen LogP contribution in [0.2, 0.25) is 0 Å². The van der Waals surface area contributed by atoms with Crippen LogP contribution in [-0.4, -0.2) is 16.1 Å². The van der Waals surface area contributed by atoms with Crippen molar-refractivity contribution < 1.29 is 13.2 Å². The molecule has 1 unspecified atom stereocenters. The lowest BCUT2D eigenvalue weighted by Gasteiger charge is -2.17. The summed E-state index contributed by atoms with van der Waals surface area (Å²) >= 11 is 0. The van der Waals surface area contributed by atoms with Crippen LogP contribution in [0.4, 0.5) is 13.2 Å². The van der Waals surface area contributed by atoms with Gasteiger partial charge in [0.25, 0.3) is 0 Å². The fourth-order valence-corrected chi connectivity index (χ4v) is 1.88. The topological polar surface area (TPSA) is 28.7 Å². The number of H-pyrrole nitrogens is 1. The Morgan fingerprint density at radius 1 is 1.29 bits per heavy atom. The Morgan fingerprint density at radius 3 is 2.71 bits per heavy atom. The van der Waals surface area contributed by atoms with Gasteiger partial charge in [0.15, 0.2) is 0 Å². The summed E-state index contributed by atoms with van der Waals surface area (Å²) in [6, 6.07) is 0. The fourth-order valence-electron chi connectivity index (χ4n) is 1.88. The summed E-state index contributed by atoms with van der Waals surface area (Å²) in [5.41, 5.74) is 1.67. The molecule has 0 aromatic carbocycles. The standard InChI is InChI=1S/C9H11F3N2/c10-9(11,12)6-1-3-7-8(4-2-6)14-5-13-7/h5-6H,1-4H2,(H,13,14). The molecule has 1 atom stereocenters. The van der Waals surface area contributed by atoms with Gasteiger partial charge in [-0.25, -0.2) is 4.98 Å². The number of aromatic amines is 1. The molecule has 0 saturated carbocycles. The van der Waals surface area contributed by atoms with Gasteiger partial charge in [-0.05, 0) is 25.7 Å². The van der Waals surface area contributed by atoms with Crippen molar-refractivity contribution in [2.75, 3.05) is 0 Å². The molecule has 0 saturated heterocycles. The number of rotatable bonds is 0. The summed E-state index contributed by atoms with van der Waals surface area (Å²) in [7, 11) is 0. The lowest BCUT2D eigenvalue weighted by atomic mass is 10.00. The van der Waals surface area contributed by atoms with E-state index < -0.39 is 12.1 Å². The Bertz CT molecular complexity index is 294. The molecule has 1 aromatic heterocycles. The van der Waals surface area contributed by atoms with Gasteiger partial charge in [-0.2, -0.15) is 13.2 Å². The first-order valence-electron chi connectivity index (χ1n) is 4.65. The molecule has 0 fully saturated rings. The molecule has 0 spiro atoms. The normalized spacial score (nSPS) is 19.1. The van der Waals surface area contributed by atoms with E-state index in [4.69, 9.17) is 0 Å². The second kappa shape index (κ2) is 3.29. The molecule has 0 bridgehead atoms. The minimum atomic E-state index is -4.05. The van der Waals surface area contributed by atoms with Crippen molar-refractivity contribution in [1.29, 1.82) is 0 Å². The zero-order valence-corrected chi connectivity index (χ0v) is 7.56. The van der Waals surface area contributed by atoms with Crippen molar-refractivity contribution in [3.05, 3.63) is 17.7 Å². The van der Waals surface area contributed by atoms with Gasteiger partial charge in [-0.3, -0.25) is 0 Å². The lowest BCUT2D eigenvalue weighted by molar-refractivity contribution is -0.177. The van der Waals surface area contributed by atoms with Crippen molar-refractivity contribution in [2.45, 2.75) is 31.9 Å². The number of fused-ring (bicyclic) bond motifs is 1. The van der Waals surface area contributed by atoms with Gasteiger partial charge in [-0.15, -0.1) is 0 Å². The predicted molar refractivity (Wildman–Crippen MR) is 44.8 cm³/mol. The summed E-state index contributed by atoms with van der Waals surface area (Å²) in [6.07, 6.45) is -1.26. The maximum Gasteiger partial charge on any atom is 0.391 e. The van der Waals surface area contributed by atoms with E-state index in [1.54, 1.807) is 6.33 Å². The van der Waals surface area contributed by atoms with Crippen LogP contribution in [0.3, 0.4) is 0 Å². The van der Waals surface area contributed by atoms with Crippen LogP contribution in [0.15, 0.2) is 6.33 Å². The van der Waals surface area contributed by atoms with Crippen LogP contribution in [0.25, 0.3) is 0 Å². The van der Waals surface area contributed by atoms with Crippen molar-refractivity contribution in [2.24, 2.45) is 5.92 Å². The number of aryl methyl sites for hydroxylation is 2. The number of nitrogens with one attached hydrogen (secondary N) is 1. The minimum absolute atomic E-state index is 0.168. The third-order valence-corrected chi connectivity index (χ3v) is 2.74. The number of hydrogen-bond acceptors (Lipinski definition) is 1. The molecule has 1 aliphatic rings. The molecule has 2 nitrogen and oxygen atoms in total. The molecule has 78 valence electrons. The van der Waals surface area contributed by atoms with E-state index in [1.807, 2.05) is 0 Å². The van der Waals surface area contributed by atoms with E-state index in [2.05, 4.69) is 9.97 Å². The maximum atomic E-state index is 12.4. The number of hydrogen-bond donors (Lipinski definition) is 1. The van der Waals surface area contributed by atoms with E-state index in [9.17, 15) is 13.2 Å². The Morgan fingerprint density at radius 2 is 2.00 bits per heavy atom. The average Bonchev–Trinajstić information content (AvgIpc) is 2.42. The lowest BCUT2D eigenvalue weighted by Crippen LogP contribution is -2.23. The van der Waals surface area contributed by atoms with Gasteiger partial charge in [0.2, 0.25) is 0 Å². The highest BCUT2D eigenvalue weighted by atomic mass is 19.4. The van der Waals surface area contributed by atoms with Gasteiger partial charge < -0.3 is 4.98 Å². The van der Waals surface area contributed by atoms with E-state index in [0.29, 0.717) is 12.8 Å². The first-order valence-corrected chi connectivity index (χ1v) is 4.65. The molecular weight excluding hydrogens is 193 g/mol. The fraction of sp³-hybridized carbons (Fsp3) is 0.667.